The highest BCUT2D eigenvalue weighted by molar-refractivity contribution is 5.94. The number of carbonyl (C=O) groups excluding carboxylic acids is 2. The van der Waals surface area contributed by atoms with E-state index in [1.54, 1.807) is 15.9 Å². The molecule has 1 N–H and O–H groups in total. The molecule has 5 nitrogen and oxygen atoms in total. The number of halogens is 4. The Balaban J connectivity index is 1.56. The molecule has 2 aliphatic heterocycles. The van der Waals surface area contributed by atoms with Gasteiger partial charge in [-0.3, -0.25) is 14.9 Å². The minimum Gasteiger partial charge on any atom is -0.338 e. The Bertz CT molecular complexity index is 1080. The summed E-state index contributed by atoms with van der Waals surface area (Å²) in [5.41, 5.74) is -0.708. The highest BCUT2D eigenvalue weighted by atomic mass is 19.4. The number of benzene rings is 2. The standard InChI is InChI=1S/C26H29F4N3O2/c1-3-17(2)22-24(35)33(16-18-5-4-6-20(15-18)26(28,29)30)25(31-22)11-13-32(14-12-25)23(34)19-7-9-21(27)10-8-19/h4-10,15,17,22,31H,3,11-14,16H2,1-2H3/t17-,22+/m1/s1. The Morgan fingerprint density at radius 1 is 1.14 bits per heavy atom. The Kier molecular flexibility index (Phi) is 6.90. The number of amides is 2. The first-order chi connectivity index (χ1) is 16.5. The number of piperidine rings is 1. The SMILES string of the molecule is CC[C@@H](C)[C@@H]1NC2(CCN(C(=O)c3ccc(F)cc3)CC2)N(Cc2cccc(C(F)(F)F)c2)C1=O. The van der Waals surface area contributed by atoms with E-state index in [9.17, 15) is 27.2 Å². The molecule has 2 heterocycles. The van der Waals surface area contributed by atoms with Crippen LogP contribution in [-0.4, -0.2) is 46.4 Å². The fraction of sp³-hybridized carbons (Fsp3) is 0.462. The van der Waals surface area contributed by atoms with Crippen LogP contribution in [0.25, 0.3) is 0 Å². The van der Waals surface area contributed by atoms with Gasteiger partial charge in [0.25, 0.3) is 5.91 Å². The Morgan fingerprint density at radius 3 is 2.40 bits per heavy atom. The zero-order valence-corrected chi connectivity index (χ0v) is 19.7. The predicted molar refractivity (Wildman–Crippen MR) is 123 cm³/mol. The van der Waals surface area contributed by atoms with Crippen LogP contribution in [0.1, 0.15) is 54.6 Å². The maximum Gasteiger partial charge on any atom is 0.416 e. The van der Waals surface area contributed by atoms with E-state index in [0.29, 0.717) is 37.1 Å². The predicted octanol–water partition coefficient (Wildman–Crippen LogP) is 4.82. The molecule has 2 atom stereocenters. The third kappa shape index (κ3) is 5.05. The van der Waals surface area contributed by atoms with Gasteiger partial charge < -0.3 is 9.80 Å². The first kappa shape index (κ1) is 25.2. The van der Waals surface area contributed by atoms with Crippen LogP contribution in [0.4, 0.5) is 17.6 Å². The largest absolute Gasteiger partial charge is 0.416 e. The summed E-state index contributed by atoms with van der Waals surface area (Å²) in [5.74, 6) is -0.721. The molecule has 0 bridgehead atoms. The number of alkyl halides is 3. The van der Waals surface area contributed by atoms with Crippen LogP contribution in [-0.2, 0) is 17.5 Å². The molecule has 188 valence electrons. The number of hydrogen-bond acceptors (Lipinski definition) is 3. The molecule has 0 unspecified atom stereocenters. The third-order valence-electron chi connectivity index (χ3n) is 7.25. The van der Waals surface area contributed by atoms with Gasteiger partial charge in [-0.1, -0.05) is 32.4 Å². The molecule has 2 amide bonds. The van der Waals surface area contributed by atoms with Crippen LogP contribution < -0.4 is 5.32 Å². The molecule has 0 saturated carbocycles. The second-order valence-corrected chi connectivity index (χ2v) is 9.46. The zero-order valence-electron chi connectivity index (χ0n) is 19.7. The topological polar surface area (TPSA) is 52.7 Å². The van der Waals surface area contributed by atoms with Crippen LogP contribution in [0.15, 0.2) is 48.5 Å². The summed E-state index contributed by atoms with van der Waals surface area (Å²) in [6.45, 7) is 4.75. The molecular formula is C26H29F4N3O2. The molecule has 2 aromatic carbocycles. The van der Waals surface area contributed by atoms with Crippen molar-refractivity contribution in [3.05, 3.63) is 71.0 Å². The second kappa shape index (κ2) is 9.60. The van der Waals surface area contributed by atoms with Crippen molar-refractivity contribution in [3.63, 3.8) is 0 Å². The van der Waals surface area contributed by atoms with Crippen molar-refractivity contribution in [2.24, 2.45) is 5.92 Å². The molecule has 2 aliphatic rings. The average Bonchev–Trinajstić information content (AvgIpc) is 3.10. The Hall–Kier alpha value is -2.94. The van der Waals surface area contributed by atoms with Crippen LogP contribution in [0.3, 0.4) is 0 Å². The number of rotatable bonds is 5. The van der Waals surface area contributed by atoms with Gasteiger partial charge in [-0.25, -0.2) is 4.39 Å². The number of nitrogens with zero attached hydrogens (tertiary/aromatic N) is 2. The summed E-state index contributed by atoms with van der Waals surface area (Å²) in [7, 11) is 0. The van der Waals surface area contributed by atoms with E-state index in [4.69, 9.17) is 0 Å². The van der Waals surface area contributed by atoms with E-state index in [0.717, 1.165) is 18.6 Å². The van der Waals surface area contributed by atoms with E-state index in [-0.39, 0.29) is 24.3 Å². The van der Waals surface area contributed by atoms with Crippen molar-refractivity contribution in [2.45, 2.75) is 57.5 Å². The number of likely N-dealkylation sites (tertiary alicyclic amines) is 1. The van der Waals surface area contributed by atoms with Gasteiger partial charge in [0.1, 0.15) is 5.82 Å². The van der Waals surface area contributed by atoms with E-state index < -0.39 is 29.3 Å². The molecule has 1 spiro atoms. The number of hydrogen-bond donors (Lipinski definition) is 1. The lowest BCUT2D eigenvalue weighted by atomic mass is 9.94. The summed E-state index contributed by atoms with van der Waals surface area (Å²) >= 11 is 0. The van der Waals surface area contributed by atoms with Crippen LogP contribution in [0.2, 0.25) is 0 Å². The van der Waals surface area contributed by atoms with Crippen molar-refractivity contribution in [2.75, 3.05) is 13.1 Å². The van der Waals surface area contributed by atoms with Crippen molar-refractivity contribution in [3.8, 4) is 0 Å². The minimum atomic E-state index is -4.47. The summed E-state index contributed by atoms with van der Waals surface area (Å²) in [5, 5.41) is 3.50. The summed E-state index contributed by atoms with van der Waals surface area (Å²) in [6, 6.07) is 9.98. The van der Waals surface area contributed by atoms with Gasteiger partial charge in [-0.15, -0.1) is 0 Å². The highest BCUT2D eigenvalue weighted by Crippen LogP contribution is 2.37. The molecule has 0 radical (unpaired) electrons. The van der Waals surface area contributed by atoms with Crippen molar-refractivity contribution in [1.82, 2.24) is 15.1 Å². The number of nitrogens with one attached hydrogen (secondary N) is 1. The molecule has 4 rings (SSSR count). The zero-order chi connectivity index (χ0) is 25.4. The number of carbonyl (C=O) groups is 2. The average molecular weight is 492 g/mol. The quantitative estimate of drug-likeness (QED) is 0.610. The summed E-state index contributed by atoms with van der Waals surface area (Å²) in [4.78, 5) is 29.7. The molecule has 2 fully saturated rings. The molecule has 9 heteroatoms. The Morgan fingerprint density at radius 2 is 1.80 bits per heavy atom. The lowest BCUT2D eigenvalue weighted by Gasteiger charge is -2.45. The molecule has 0 aliphatic carbocycles. The third-order valence-corrected chi connectivity index (χ3v) is 7.25. The van der Waals surface area contributed by atoms with Gasteiger partial charge >= 0.3 is 6.18 Å². The van der Waals surface area contributed by atoms with E-state index >= 15 is 0 Å². The maximum atomic E-state index is 13.5. The van der Waals surface area contributed by atoms with Crippen molar-refractivity contribution < 1.29 is 27.2 Å². The second-order valence-electron chi connectivity index (χ2n) is 9.46. The first-order valence-electron chi connectivity index (χ1n) is 11.8. The van der Waals surface area contributed by atoms with Crippen LogP contribution in [0.5, 0.6) is 0 Å². The molecule has 0 aromatic heterocycles. The van der Waals surface area contributed by atoms with Gasteiger partial charge in [-0.05, 0) is 47.9 Å². The molecular weight excluding hydrogens is 462 g/mol. The van der Waals surface area contributed by atoms with Crippen molar-refractivity contribution in [1.29, 1.82) is 0 Å². The van der Waals surface area contributed by atoms with Crippen LogP contribution in [0, 0.1) is 11.7 Å². The molecule has 2 aromatic rings. The highest BCUT2D eigenvalue weighted by Gasteiger charge is 2.52. The molecule has 35 heavy (non-hydrogen) atoms. The van der Waals surface area contributed by atoms with Crippen molar-refractivity contribution >= 4 is 11.8 Å². The summed E-state index contributed by atoms with van der Waals surface area (Å²) < 4.78 is 53.0. The molecule has 2 saturated heterocycles. The fourth-order valence-corrected chi connectivity index (χ4v) is 4.96. The fourth-order valence-electron chi connectivity index (χ4n) is 4.96. The van der Waals surface area contributed by atoms with Gasteiger partial charge in [0.2, 0.25) is 5.91 Å². The lowest BCUT2D eigenvalue weighted by molar-refractivity contribution is -0.137. The monoisotopic (exact) mass is 491 g/mol. The van der Waals surface area contributed by atoms with Gasteiger partial charge in [0.05, 0.1) is 17.3 Å². The van der Waals surface area contributed by atoms with E-state index in [2.05, 4.69) is 5.32 Å². The van der Waals surface area contributed by atoms with Gasteiger partial charge in [0.15, 0.2) is 0 Å². The van der Waals surface area contributed by atoms with E-state index in [1.807, 2.05) is 13.8 Å². The smallest absolute Gasteiger partial charge is 0.338 e. The summed E-state index contributed by atoms with van der Waals surface area (Å²) in [6.07, 6.45) is -2.81. The van der Waals surface area contributed by atoms with E-state index in [1.165, 1.54) is 30.3 Å². The van der Waals surface area contributed by atoms with Gasteiger partial charge in [0, 0.05) is 38.0 Å². The maximum absolute atomic E-state index is 13.5. The van der Waals surface area contributed by atoms with Crippen LogP contribution >= 0.6 is 0 Å². The normalized spacial score (nSPS) is 21.0. The Labute approximate surface area is 202 Å². The lowest BCUT2D eigenvalue weighted by Crippen LogP contribution is -2.59. The first-order valence-corrected chi connectivity index (χ1v) is 11.8. The minimum absolute atomic E-state index is 0.0461. The van der Waals surface area contributed by atoms with Gasteiger partial charge in [-0.2, -0.15) is 13.2 Å².